The third-order valence-electron chi connectivity index (χ3n) is 3.11. The Hall–Kier alpha value is -2.44. The molecule has 21 heavy (non-hydrogen) atoms. The van der Waals surface area contributed by atoms with Crippen molar-refractivity contribution in [3.8, 4) is 17.2 Å². The minimum Gasteiger partial charge on any atom is -0.493 e. The Kier molecular flexibility index (Phi) is 4.86. The van der Waals surface area contributed by atoms with E-state index in [2.05, 4.69) is 15.4 Å². The summed E-state index contributed by atoms with van der Waals surface area (Å²) in [6.07, 6.45) is 1.55. The summed E-state index contributed by atoms with van der Waals surface area (Å²) in [5.74, 6) is 2.65. The largest absolute Gasteiger partial charge is 0.493 e. The monoisotopic (exact) mass is 292 g/mol. The first-order valence-electron chi connectivity index (χ1n) is 6.64. The van der Waals surface area contributed by atoms with Gasteiger partial charge in [0.15, 0.2) is 11.5 Å². The molecular formula is C14H20N4O3. The Morgan fingerprint density at radius 1 is 1.10 bits per heavy atom. The van der Waals surface area contributed by atoms with Crippen LogP contribution in [0.3, 0.4) is 0 Å². The van der Waals surface area contributed by atoms with Gasteiger partial charge in [0, 0.05) is 24.4 Å². The van der Waals surface area contributed by atoms with E-state index in [-0.39, 0.29) is 0 Å². The van der Waals surface area contributed by atoms with Gasteiger partial charge in [-0.2, -0.15) is 5.10 Å². The molecule has 1 aromatic carbocycles. The molecule has 2 rings (SSSR count). The molecule has 0 fully saturated rings. The van der Waals surface area contributed by atoms with Gasteiger partial charge in [-0.25, -0.2) is 9.67 Å². The SMILES string of the molecule is CCn1ncnc1CNc1cc(OC)c(OC)c(OC)c1. The number of methoxy groups -OCH3 is 3. The number of aromatic nitrogens is 3. The summed E-state index contributed by atoms with van der Waals surface area (Å²) in [5, 5.41) is 7.42. The predicted molar refractivity (Wildman–Crippen MR) is 79.1 cm³/mol. The fourth-order valence-corrected chi connectivity index (χ4v) is 2.05. The minimum atomic E-state index is 0.562. The highest BCUT2D eigenvalue weighted by atomic mass is 16.5. The number of hydrogen-bond donors (Lipinski definition) is 1. The van der Waals surface area contributed by atoms with Crippen molar-refractivity contribution < 1.29 is 14.2 Å². The molecule has 0 saturated heterocycles. The lowest BCUT2D eigenvalue weighted by Gasteiger charge is -2.15. The van der Waals surface area contributed by atoms with Crippen molar-refractivity contribution in [1.29, 1.82) is 0 Å². The molecule has 7 heteroatoms. The molecule has 0 atom stereocenters. The Morgan fingerprint density at radius 3 is 2.29 bits per heavy atom. The van der Waals surface area contributed by atoms with Crippen LogP contribution in [-0.2, 0) is 13.1 Å². The topological polar surface area (TPSA) is 70.4 Å². The fourth-order valence-electron chi connectivity index (χ4n) is 2.05. The second-order valence-electron chi connectivity index (χ2n) is 4.26. The van der Waals surface area contributed by atoms with Crippen LogP contribution in [0.4, 0.5) is 5.69 Å². The zero-order valence-electron chi connectivity index (χ0n) is 12.7. The van der Waals surface area contributed by atoms with Crippen molar-refractivity contribution in [3.63, 3.8) is 0 Å². The van der Waals surface area contributed by atoms with Crippen LogP contribution in [0.1, 0.15) is 12.7 Å². The van der Waals surface area contributed by atoms with Gasteiger partial charge in [-0.05, 0) is 6.92 Å². The standard InChI is InChI=1S/C14H20N4O3/c1-5-18-13(16-9-17-18)8-15-10-6-11(19-2)14(21-4)12(7-10)20-3/h6-7,9,15H,5,8H2,1-4H3. The molecule has 0 saturated carbocycles. The van der Waals surface area contributed by atoms with Crippen molar-refractivity contribution in [2.75, 3.05) is 26.6 Å². The highest BCUT2D eigenvalue weighted by molar-refractivity contribution is 5.62. The number of hydrogen-bond acceptors (Lipinski definition) is 6. The van der Waals surface area contributed by atoms with Gasteiger partial charge in [-0.15, -0.1) is 0 Å². The second kappa shape index (κ2) is 6.83. The average Bonchev–Trinajstić information content (AvgIpc) is 2.99. The Labute approximate surface area is 123 Å². The predicted octanol–water partition coefficient (Wildman–Crippen LogP) is 1.94. The van der Waals surface area contributed by atoms with Crippen molar-refractivity contribution in [2.45, 2.75) is 20.0 Å². The molecule has 1 aromatic heterocycles. The number of nitrogens with zero attached hydrogens (tertiary/aromatic N) is 3. The summed E-state index contributed by atoms with van der Waals surface area (Å²) >= 11 is 0. The molecular weight excluding hydrogens is 272 g/mol. The molecule has 114 valence electrons. The molecule has 1 heterocycles. The van der Waals surface area contributed by atoms with E-state index in [1.54, 1.807) is 27.7 Å². The lowest BCUT2D eigenvalue weighted by atomic mass is 10.2. The van der Waals surface area contributed by atoms with Crippen LogP contribution in [0.5, 0.6) is 17.2 Å². The first-order valence-corrected chi connectivity index (χ1v) is 6.64. The number of anilines is 1. The molecule has 0 bridgehead atoms. The smallest absolute Gasteiger partial charge is 0.203 e. The molecule has 0 amide bonds. The van der Waals surface area contributed by atoms with Crippen LogP contribution in [0, 0.1) is 0 Å². The molecule has 0 aliphatic heterocycles. The van der Waals surface area contributed by atoms with Gasteiger partial charge in [0.1, 0.15) is 12.2 Å². The van der Waals surface area contributed by atoms with Crippen molar-refractivity contribution >= 4 is 5.69 Å². The third kappa shape index (κ3) is 3.18. The summed E-state index contributed by atoms with van der Waals surface area (Å²) in [4.78, 5) is 4.22. The summed E-state index contributed by atoms with van der Waals surface area (Å²) in [5.41, 5.74) is 0.857. The summed E-state index contributed by atoms with van der Waals surface area (Å²) in [6, 6.07) is 3.71. The minimum absolute atomic E-state index is 0.562. The number of nitrogens with one attached hydrogen (secondary N) is 1. The molecule has 0 unspecified atom stereocenters. The average molecular weight is 292 g/mol. The van der Waals surface area contributed by atoms with Gasteiger partial charge in [0.25, 0.3) is 0 Å². The maximum Gasteiger partial charge on any atom is 0.203 e. The number of benzene rings is 1. The Morgan fingerprint density at radius 2 is 1.76 bits per heavy atom. The van der Waals surface area contributed by atoms with E-state index in [0.29, 0.717) is 23.8 Å². The van der Waals surface area contributed by atoms with Crippen LogP contribution >= 0.6 is 0 Å². The first-order chi connectivity index (χ1) is 10.2. The molecule has 0 spiro atoms. The number of aryl methyl sites for hydroxylation is 1. The van der Waals surface area contributed by atoms with E-state index in [9.17, 15) is 0 Å². The third-order valence-corrected chi connectivity index (χ3v) is 3.11. The van der Waals surface area contributed by atoms with Gasteiger partial charge in [0.05, 0.1) is 27.9 Å². The van der Waals surface area contributed by atoms with Crippen molar-refractivity contribution in [1.82, 2.24) is 14.8 Å². The van der Waals surface area contributed by atoms with Crippen molar-refractivity contribution in [3.05, 3.63) is 24.3 Å². The van der Waals surface area contributed by atoms with Crippen molar-refractivity contribution in [2.24, 2.45) is 0 Å². The summed E-state index contributed by atoms with van der Waals surface area (Å²) < 4.78 is 17.8. The second-order valence-corrected chi connectivity index (χ2v) is 4.26. The molecule has 0 aliphatic carbocycles. The van der Waals surface area contributed by atoms with Gasteiger partial charge < -0.3 is 19.5 Å². The van der Waals surface area contributed by atoms with Gasteiger partial charge in [-0.1, -0.05) is 0 Å². The van der Waals surface area contributed by atoms with Crippen LogP contribution in [0.15, 0.2) is 18.5 Å². The van der Waals surface area contributed by atoms with Crippen LogP contribution in [0.2, 0.25) is 0 Å². The Balaban J connectivity index is 2.20. The highest BCUT2D eigenvalue weighted by Gasteiger charge is 2.13. The van der Waals surface area contributed by atoms with Gasteiger partial charge >= 0.3 is 0 Å². The van der Waals surface area contributed by atoms with Gasteiger partial charge in [0.2, 0.25) is 5.75 Å². The zero-order chi connectivity index (χ0) is 15.2. The van der Waals surface area contributed by atoms with Crippen LogP contribution in [-0.4, -0.2) is 36.1 Å². The zero-order valence-corrected chi connectivity index (χ0v) is 12.7. The fraction of sp³-hybridized carbons (Fsp3) is 0.429. The van der Waals surface area contributed by atoms with E-state index in [1.165, 1.54) is 0 Å². The lowest BCUT2D eigenvalue weighted by molar-refractivity contribution is 0.324. The maximum absolute atomic E-state index is 5.32. The lowest BCUT2D eigenvalue weighted by Crippen LogP contribution is -2.09. The maximum atomic E-state index is 5.32. The molecule has 2 aromatic rings. The highest BCUT2D eigenvalue weighted by Crippen LogP contribution is 2.39. The van der Waals surface area contributed by atoms with E-state index in [4.69, 9.17) is 14.2 Å². The van der Waals surface area contributed by atoms with Crippen LogP contribution in [0.25, 0.3) is 0 Å². The molecule has 0 aliphatic rings. The normalized spacial score (nSPS) is 10.3. The Bertz CT molecular complexity index is 573. The summed E-state index contributed by atoms with van der Waals surface area (Å²) in [6.45, 7) is 3.37. The van der Waals surface area contributed by atoms with E-state index in [0.717, 1.165) is 18.1 Å². The summed E-state index contributed by atoms with van der Waals surface area (Å²) in [7, 11) is 4.76. The number of rotatable bonds is 7. The first kappa shape index (κ1) is 15.0. The molecule has 7 nitrogen and oxygen atoms in total. The van der Waals surface area contributed by atoms with Crippen LogP contribution < -0.4 is 19.5 Å². The molecule has 1 N–H and O–H groups in total. The van der Waals surface area contributed by atoms with E-state index >= 15 is 0 Å². The van der Waals surface area contributed by atoms with E-state index < -0.39 is 0 Å². The quantitative estimate of drug-likeness (QED) is 0.841. The number of ether oxygens (including phenoxy) is 3. The van der Waals surface area contributed by atoms with Gasteiger partial charge in [-0.3, -0.25) is 0 Å². The molecule has 0 radical (unpaired) electrons. The van der Waals surface area contributed by atoms with E-state index in [1.807, 2.05) is 23.7 Å².